The van der Waals surface area contributed by atoms with E-state index in [4.69, 9.17) is 11.6 Å². The second kappa shape index (κ2) is 12.7. The highest BCUT2D eigenvalue weighted by atomic mass is 35.5. The van der Waals surface area contributed by atoms with Crippen LogP contribution >= 0.6 is 11.6 Å². The molecule has 0 aliphatic carbocycles. The number of carbonyl (C=O) groups is 2. The number of anilines is 1. The van der Waals surface area contributed by atoms with E-state index >= 15 is 0 Å². The molecule has 0 aliphatic rings. The lowest BCUT2D eigenvalue weighted by Crippen LogP contribution is -2.55. The maximum absolute atomic E-state index is 14.1. The van der Waals surface area contributed by atoms with E-state index in [0.29, 0.717) is 22.7 Å². The quantitative estimate of drug-likeness (QED) is 0.346. The zero-order valence-electron chi connectivity index (χ0n) is 23.0. The highest BCUT2D eigenvalue weighted by molar-refractivity contribution is 7.92. The van der Waals surface area contributed by atoms with E-state index in [2.05, 4.69) is 5.32 Å². The molecule has 39 heavy (non-hydrogen) atoms. The summed E-state index contributed by atoms with van der Waals surface area (Å²) >= 11 is 6.01. The van der Waals surface area contributed by atoms with Crippen LogP contribution in [0.25, 0.3) is 0 Å². The Labute approximate surface area is 236 Å². The number of nitrogens with zero attached hydrogens (tertiary/aromatic N) is 2. The second-order valence-electron chi connectivity index (χ2n) is 10.4. The van der Waals surface area contributed by atoms with Gasteiger partial charge in [-0.1, -0.05) is 67.1 Å². The predicted octanol–water partition coefficient (Wildman–Crippen LogP) is 5.57. The molecule has 0 saturated heterocycles. The zero-order valence-corrected chi connectivity index (χ0v) is 24.6. The van der Waals surface area contributed by atoms with Crippen molar-refractivity contribution < 1.29 is 18.0 Å². The maximum Gasteiger partial charge on any atom is 0.264 e. The third-order valence-electron chi connectivity index (χ3n) is 6.14. The van der Waals surface area contributed by atoms with Crippen molar-refractivity contribution in [3.05, 3.63) is 95.0 Å². The Hall–Kier alpha value is -3.36. The fourth-order valence-electron chi connectivity index (χ4n) is 4.24. The summed E-state index contributed by atoms with van der Waals surface area (Å²) in [7, 11) is -4.15. The summed E-state index contributed by atoms with van der Waals surface area (Å²) in [5, 5.41) is 3.37. The standard InChI is InChI=1S/C30H36ClN3O4S/c1-6-26(29(36)32-30(3,4)5)33(20-23-13-8-7-9-14-23)28(35)21-34(27-15-11-10-12-22(27)2)39(37,38)25-18-16-24(31)17-19-25/h7-19,26H,6,20-21H2,1-5H3,(H,32,36)/t26-/m0/s1. The summed E-state index contributed by atoms with van der Waals surface area (Å²) in [6, 6.07) is 21.4. The summed E-state index contributed by atoms with van der Waals surface area (Å²) < 4.78 is 28.9. The van der Waals surface area contributed by atoms with E-state index in [1.54, 1.807) is 31.2 Å². The van der Waals surface area contributed by atoms with Crippen LogP contribution in [0.2, 0.25) is 5.02 Å². The van der Waals surface area contributed by atoms with E-state index in [1.807, 2.05) is 58.0 Å². The average Bonchev–Trinajstić information content (AvgIpc) is 2.87. The molecule has 0 saturated carbocycles. The molecule has 0 aromatic heterocycles. The molecule has 0 spiro atoms. The summed E-state index contributed by atoms with van der Waals surface area (Å²) in [6.07, 6.45) is 0.356. The van der Waals surface area contributed by atoms with Gasteiger partial charge in [0, 0.05) is 17.1 Å². The number of halogens is 1. The average molecular weight is 570 g/mol. The number of sulfonamides is 1. The van der Waals surface area contributed by atoms with E-state index in [0.717, 1.165) is 9.87 Å². The predicted molar refractivity (Wildman–Crippen MR) is 156 cm³/mol. The van der Waals surface area contributed by atoms with Gasteiger partial charge in [-0.15, -0.1) is 0 Å². The van der Waals surface area contributed by atoms with Gasteiger partial charge in [-0.2, -0.15) is 0 Å². The van der Waals surface area contributed by atoms with Crippen LogP contribution in [0.1, 0.15) is 45.2 Å². The number of hydrogen-bond acceptors (Lipinski definition) is 4. The molecule has 0 fully saturated rings. The molecule has 3 rings (SSSR count). The van der Waals surface area contributed by atoms with Crippen molar-refractivity contribution in [3.63, 3.8) is 0 Å². The van der Waals surface area contributed by atoms with Crippen LogP contribution in [0.3, 0.4) is 0 Å². The molecule has 3 aromatic rings. The first kappa shape index (κ1) is 30.2. The molecule has 0 unspecified atom stereocenters. The normalized spacial score (nSPS) is 12.5. The second-order valence-corrected chi connectivity index (χ2v) is 12.7. The van der Waals surface area contributed by atoms with Crippen molar-refractivity contribution in [2.75, 3.05) is 10.8 Å². The van der Waals surface area contributed by atoms with Gasteiger partial charge in [0.2, 0.25) is 11.8 Å². The third-order valence-corrected chi connectivity index (χ3v) is 8.17. The number of para-hydroxylation sites is 1. The molecule has 0 aliphatic heterocycles. The SMILES string of the molecule is CC[C@@H](C(=O)NC(C)(C)C)N(Cc1ccccc1)C(=O)CN(c1ccccc1C)S(=O)(=O)c1ccc(Cl)cc1. The van der Waals surface area contributed by atoms with Crippen molar-refractivity contribution in [1.29, 1.82) is 0 Å². The molecule has 0 heterocycles. The minimum Gasteiger partial charge on any atom is -0.350 e. The molecule has 1 N–H and O–H groups in total. The fourth-order valence-corrected chi connectivity index (χ4v) is 5.85. The first-order valence-electron chi connectivity index (χ1n) is 12.8. The topological polar surface area (TPSA) is 86.8 Å². The highest BCUT2D eigenvalue weighted by Gasteiger charge is 2.35. The largest absolute Gasteiger partial charge is 0.350 e. The highest BCUT2D eigenvalue weighted by Crippen LogP contribution is 2.28. The van der Waals surface area contributed by atoms with Gasteiger partial charge in [-0.25, -0.2) is 8.42 Å². The summed E-state index contributed by atoms with van der Waals surface area (Å²) in [5.41, 5.74) is 1.40. The van der Waals surface area contributed by atoms with Crippen LogP contribution in [0.5, 0.6) is 0 Å². The monoisotopic (exact) mass is 569 g/mol. The van der Waals surface area contributed by atoms with Gasteiger partial charge in [0.1, 0.15) is 12.6 Å². The van der Waals surface area contributed by atoms with Crippen molar-refractivity contribution in [2.45, 2.75) is 64.1 Å². The number of benzene rings is 3. The van der Waals surface area contributed by atoms with Gasteiger partial charge in [0.25, 0.3) is 10.0 Å². The van der Waals surface area contributed by atoms with E-state index in [1.165, 1.54) is 29.2 Å². The number of hydrogen-bond donors (Lipinski definition) is 1. The van der Waals surface area contributed by atoms with Gasteiger partial charge in [0.05, 0.1) is 10.6 Å². The molecule has 2 amide bonds. The number of aryl methyl sites for hydroxylation is 1. The molecule has 3 aromatic carbocycles. The first-order valence-corrected chi connectivity index (χ1v) is 14.6. The van der Waals surface area contributed by atoms with Crippen LogP contribution in [0.15, 0.2) is 83.8 Å². The van der Waals surface area contributed by atoms with Crippen LogP contribution in [0.4, 0.5) is 5.69 Å². The minimum atomic E-state index is -4.15. The lowest BCUT2D eigenvalue weighted by Gasteiger charge is -2.35. The number of nitrogens with one attached hydrogen (secondary N) is 1. The van der Waals surface area contributed by atoms with E-state index in [-0.39, 0.29) is 17.3 Å². The molecule has 1 atom stereocenters. The lowest BCUT2D eigenvalue weighted by molar-refractivity contribution is -0.141. The Balaban J connectivity index is 2.07. The lowest BCUT2D eigenvalue weighted by atomic mass is 10.1. The molecular formula is C30H36ClN3O4S. The summed E-state index contributed by atoms with van der Waals surface area (Å²) in [6.45, 7) is 8.92. The van der Waals surface area contributed by atoms with Crippen LogP contribution in [-0.2, 0) is 26.2 Å². The Morgan fingerprint density at radius 2 is 1.51 bits per heavy atom. The van der Waals surface area contributed by atoms with Crippen molar-refractivity contribution >= 4 is 39.1 Å². The van der Waals surface area contributed by atoms with Gasteiger partial charge < -0.3 is 10.2 Å². The molecule has 208 valence electrons. The van der Waals surface area contributed by atoms with E-state index in [9.17, 15) is 18.0 Å². The third kappa shape index (κ3) is 7.83. The molecule has 0 radical (unpaired) electrons. The van der Waals surface area contributed by atoms with Gasteiger partial charge in [-0.3, -0.25) is 13.9 Å². The Morgan fingerprint density at radius 3 is 2.08 bits per heavy atom. The summed E-state index contributed by atoms with van der Waals surface area (Å²) in [4.78, 5) is 28.9. The Kier molecular flexibility index (Phi) is 9.80. The van der Waals surface area contributed by atoms with Crippen LogP contribution in [0, 0.1) is 6.92 Å². The molecular weight excluding hydrogens is 534 g/mol. The molecule has 0 bridgehead atoms. The molecule has 9 heteroatoms. The van der Waals surface area contributed by atoms with Gasteiger partial charge in [-0.05, 0) is 75.6 Å². The summed E-state index contributed by atoms with van der Waals surface area (Å²) in [5.74, 6) is -0.784. The van der Waals surface area contributed by atoms with Crippen molar-refractivity contribution in [2.24, 2.45) is 0 Å². The fraction of sp³-hybridized carbons (Fsp3) is 0.333. The first-order chi connectivity index (χ1) is 18.3. The van der Waals surface area contributed by atoms with Gasteiger partial charge >= 0.3 is 0 Å². The Morgan fingerprint density at radius 1 is 0.923 bits per heavy atom. The Bertz CT molecular complexity index is 1390. The van der Waals surface area contributed by atoms with Crippen LogP contribution in [-0.4, -0.2) is 43.3 Å². The number of carbonyl (C=O) groups excluding carboxylic acids is 2. The maximum atomic E-state index is 14.1. The zero-order chi connectivity index (χ0) is 28.8. The number of rotatable bonds is 10. The van der Waals surface area contributed by atoms with Crippen molar-refractivity contribution in [1.82, 2.24) is 10.2 Å². The molecule has 7 nitrogen and oxygen atoms in total. The van der Waals surface area contributed by atoms with Crippen molar-refractivity contribution in [3.8, 4) is 0 Å². The van der Waals surface area contributed by atoms with Crippen LogP contribution < -0.4 is 9.62 Å². The number of amides is 2. The smallest absolute Gasteiger partial charge is 0.264 e. The van der Waals surface area contributed by atoms with E-state index < -0.39 is 34.1 Å². The van der Waals surface area contributed by atoms with Gasteiger partial charge in [0.15, 0.2) is 0 Å². The minimum absolute atomic E-state index is 0.00933.